The van der Waals surface area contributed by atoms with E-state index in [-0.39, 0.29) is 11.7 Å². The highest BCUT2D eigenvalue weighted by molar-refractivity contribution is 5.94. The van der Waals surface area contributed by atoms with Crippen molar-refractivity contribution in [1.29, 1.82) is 5.26 Å². The Morgan fingerprint density at radius 2 is 2.13 bits per heavy atom. The zero-order valence-corrected chi connectivity index (χ0v) is 13.2. The number of benzene rings is 1. The lowest BCUT2D eigenvalue weighted by Gasteiger charge is -2.50. The molecule has 0 amide bonds. The lowest BCUT2D eigenvalue weighted by atomic mass is 9.53. The number of aliphatic hydroxyl groups is 1. The van der Waals surface area contributed by atoms with E-state index in [0.29, 0.717) is 30.4 Å². The first-order valence-electron chi connectivity index (χ1n) is 8.39. The Bertz CT molecular complexity index is 737. The Morgan fingerprint density at radius 1 is 1.35 bits per heavy atom. The maximum absolute atomic E-state index is 12.4. The molecule has 0 radical (unpaired) electrons. The van der Waals surface area contributed by atoms with E-state index in [9.17, 15) is 20.3 Å². The number of nitriles is 1. The molecule has 5 atom stereocenters. The fraction of sp³-hybridized carbons (Fsp3) is 0.579. The van der Waals surface area contributed by atoms with Crippen molar-refractivity contribution < 1.29 is 15.0 Å². The van der Waals surface area contributed by atoms with E-state index in [0.717, 1.165) is 19.3 Å². The summed E-state index contributed by atoms with van der Waals surface area (Å²) >= 11 is 0. The Morgan fingerprint density at radius 3 is 2.87 bits per heavy atom. The number of nitrogens with zero attached hydrogens (tertiary/aromatic N) is 1. The van der Waals surface area contributed by atoms with Gasteiger partial charge in [-0.05, 0) is 66.7 Å². The minimum absolute atomic E-state index is 0.0698. The molecular weight excluding hydrogens is 290 g/mol. The zero-order valence-electron chi connectivity index (χ0n) is 13.2. The molecule has 0 bridgehead atoms. The average molecular weight is 311 g/mol. The van der Waals surface area contributed by atoms with E-state index in [2.05, 4.69) is 0 Å². The molecule has 4 heteroatoms. The predicted molar refractivity (Wildman–Crippen MR) is 83.7 cm³/mol. The van der Waals surface area contributed by atoms with Gasteiger partial charge in [0.2, 0.25) is 5.60 Å². The minimum atomic E-state index is -1.82. The lowest BCUT2D eigenvalue weighted by Crippen LogP contribution is -2.52. The number of carbonyl (C=O) groups excluding carboxylic acids is 1. The highest BCUT2D eigenvalue weighted by Crippen LogP contribution is 2.63. The number of aromatic hydroxyl groups is 1. The summed E-state index contributed by atoms with van der Waals surface area (Å²) in [6.07, 6.45) is 3.73. The van der Waals surface area contributed by atoms with Crippen LogP contribution >= 0.6 is 0 Å². The van der Waals surface area contributed by atoms with E-state index in [1.807, 2.05) is 25.1 Å². The van der Waals surface area contributed by atoms with E-state index in [4.69, 9.17) is 0 Å². The maximum Gasteiger partial charge on any atom is 0.215 e. The van der Waals surface area contributed by atoms with Gasteiger partial charge in [-0.15, -0.1) is 0 Å². The number of aryl methyl sites for hydroxylation is 1. The Labute approximate surface area is 135 Å². The van der Waals surface area contributed by atoms with E-state index < -0.39 is 11.0 Å². The number of ketones is 1. The van der Waals surface area contributed by atoms with Crippen LogP contribution in [0, 0.1) is 28.6 Å². The largest absolute Gasteiger partial charge is 0.508 e. The highest BCUT2D eigenvalue weighted by Gasteiger charge is 2.66. The van der Waals surface area contributed by atoms with Gasteiger partial charge in [-0.25, -0.2) is 0 Å². The average Bonchev–Trinajstić information content (AvgIpc) is 2.75. The first-order valence-corrected chi connectivity index (χ1v) is 8.39. The summed E-state index contributed by atoms with van der Waals surface area (Å²) in [6, 6.07) is 7.52. The van der Waals surface area contributed by atoms with Crippen molar-refractivity contribution in [3.8, 4) is 11.8 Å². The molecule has 0 heterocycles. The topological polar surface area (TPSA) is 81.3 Å². The Balaban J connectivity index is 1.75. The van der Waals surface area contributed by atoms with Gasteiger partial charge >= 0.3 is 0 Å². The number of phenolic OH excluding ortho intramolecular Hbond substituents is 1. The van der Waals surface area contributed by atoms with Crippen molar-refractivity contribution in [2.24, 2.45) is 17.3 Å². The molecule has 0 aliphatic heterocycles. The third-order valence-corrected chi connectivity index (χ3v) is 6.90. The van der Waals surface area contributed by atoms with Crippen molar-refractivity contribution in [2.75, 3.05) is 0 Å². The normalized spacial score (nSPS) is 41.6. The fourth-order valence-electron chi connectivity index (χ4n) is 5.57. The Hall–Kier alpha value is -1.86. The van der Waals surface area contributed by atoms with Gasteiger partial charge in [0.05, 0.1) is 0 Å². The van der Waals surface area contributed by atoms with Crippen molar-refractivity contribution in [3.63, 3.8) is 0 Å². The number of Topliss-reactive ketones (excluding diaryl/α,β-unsaturated/α-hetero) is 1. The van der Waals surface area contributed by atoms with E-state index >= 15 is 0 Å². The van der Waals surface area contributed by atoms with Crippen molar-refractivity contribution in [3.05, 3.63) is 29.3 Å². The summed E-state index contributed by atoms with van der Waals surface area (Å²) in [5, 5.41) is 29.8. The third kappa shape index (κ3) is 1.72. The summed E-state index contributed by atoms with van der Waals surface area (Å²) in [7, 11) is 0. The SMILES string of the molecule is CC12CCC3c4ccc(O)cc4CCC3C1CC(=O)C2(O)C#N. The molecule has 120 valence electrons. The van der Waals surface area contributed by atoms with Gasteiger partial charge in [-0.1, -0.05) is 13.0 Å². The summed E-state index contributed by atoms with van der Waals surface area (Å²) in [5.41, 5.74) is 0.0300. The van der Waals surface area contributed by atoms with Gasteiger partial charge in [0.15, 0.2) is 5.78 Å². The van der Waals surface area contributed by atoms with E-state index in [1.54, 1.807) is 6.07 Å². The smallest absolute Gasteiger partial charge is 0.215 e. The van der Waals surface area contributed by atoms with Crippen LogP contribution in [0.3, 0.4) is 0 Å². The first kappa shape index (κ1) is 14.7. The first-order chi connectivity index (χ1) is 10.9. The standard InChI is InChI=1S/C19H21NO3/c1-18-7-6-14-13-5-3-12(21)8-11(13)2-4-15(14)16(18)9-17(22)19(18,23)10-20/h3,5,8,14-16,21,23H,2,4,6-7,9H2,1H3. The van der Waals surface area contributed by atoms with Crippen LogP contribution in [-0.4, -0.2) is 21.6 Å². The molecular formula is C19H21NO3. The summed E-state index contributed by atoms with van der Waals surface area (Å²) < 4.78 is 0. The number of hydrogen-bond donors (Lipinski definition) is 2. The monoisotopic (exact) mass is 311 g/mol. The molecule has 0 aromatic heterocycles. The number of carbonyl (C=O) groups is 1. The maximum atomic E-state index is 12.4. The molecule has 0 saturated heterocycles. The number of phenols is 1. The molecule has 0 spiro atoms. The van der Waals surface area contributed by atoms with Crippen molar-refractivity contribution in [1.82, 2.24) is 0 Å². The van der Waals surface area contributed by atoms with Crippen LogP contribution in [0.2, 0.25) is 0 Å². The molecule has 4 nitrogen and oxygen atoms in total. The molecule has 2 N–H and O–H groups in total. The third-order valence-electron chi connectivity index (χ3n) is 6.90. The molecule has 3 aliphatic rings. The Kier molecular flexibility index (Phi) is 2.93. The van der Waals surface area contributed by atoms with Gasteiger partial charge in [-0.3, -0.25) is 4.79 Å². The zero-order chi connectivity index (χ0) is 16.4. The van der Waals surface area contributed by atoms with Crippen LogP contribution < -0.4 is 0 Å². The lowest BCUT2D eigenvalue weighted by molar-refractivity contribution is -0.137. The second-order valence-electron chi connectivity index (χ2n) is 7.70. The van der Waals surface area contributed by atoms with Crippen LogP contribution in [0.15, 0.2) is 18.2 Å². The van der Waals surface area contributed by atoms with Crippen LogP contribution in [0.1, 0.15) is 49.7 Å². The highest BCUT2D eigenvalue weighted by atomic mass is 16.3. The predicted octanol–water partition coefficient (Wildman–Crippen LogP) is 2.68. The molecule has 1 aromatic carbocycles. The van der Waals surface area contributed by atoms with Crippen molar-refractivity contribution in [2.45, 2.75) is 50.5 Å². The number of fused-ring (bicyclic) bond motifs is 5. The summed E-state index contributed by atoms with van der Waals surface area (Å²) in [5.74, 6) is 0.770. The van der Waals surface area contributed by atoms with Crippen LogP contribution in [0.5, 0.6) is 5.75 Å². The molecule has 2 saturated carbocycles. The second kappa shape index (κ2) is 4.58. The molecule has 1 aromatic rings. The molecule has 3 aliphatic carbocycles. The van der Waals surface area contributed by atoms with Crippen LogP contribution in [-0.2, 0) is 11.2 Å². The molecule has 2 fully saturated rings. The van der Waals surface area contributed by atoms with Crippen molar-refractivity contribution >= 4 is 5.78 Å². The van der Waals surface area contributed by atoms with Gasteiger partial charge in [0.25, 0.3) is 0 Å². The molecule has 4 rings (SSSR count). The van der Waals surface area contributed by atoms with Crippen LogP contribution in [0.4, 0.5) is 0 Å². The molecule has 23 heavy (non-hydrogen) atoms. The number of rotatable bonds is 0. The van der Waals surface area contributed by atoms with E-state index in [1.165, 1.54) is 11.1 Å². The fourth-order valence-corrected chi connectivity index (χ4v) is 5.57. The summed E-state index contributed by atoms with van der Waals surface area (Å²) in [6.45, 7) is 1.92. The van der Waals surface area contributed by atoms with Gasteiger partial charge < -0.3 is 10.2 Å². The quantitative estimate of drug-likeness (QED) is 0.722. The molecule has 5 unspecified atom stereocenters. The minimum Gasteiger partial charge on any atom is -0.508 e. The second-order valence-corrected chi connectivity index (χ2v) is 7.70. The van der Waals surface area contributed by atoms with Crippen LogP contribution in [0.25, 0.3) is 0 Å². The number of hydrogen-bond acceptors (Lipinski definition) is 4. The van der Waals surface area contributed by atoms with Gasteiger partial charge in [-0.2, -0.15) is 5.26 Å². The van der Waals surface area contributed by atoms with Gasteiger partial charge in [0, 0.05) is 11.8 Å². The van der Waals surface area contributed by atoms with Gasteiger partial charge in [0.1, 0.15) is 11.8 Å². The summed E-state index contributed by atoms with van der Waals surface area (Å²) in [4.78, 5) is 12.4.